The number of imidazole rings is 1. The summed E-state index contributed by atoms with van der Waals surface area (Å²) < 4.78 is 1.58. The van der Waals surface area contributed by atoms with Crippen LogP contribution in [-0.4, -0.2) is 31.2 Å². The zero-order chi connectivity index (χ0) is 18.0. The second-order valence-electron chi connectivity index (χ2n) is 6.68. The fourth-order valence-electron chi connectivity index (χ4n) is 2.31. The monoisotopic (exact) mass is 377 g/mol. The molecule has 0 radical (unpaired) electrons. The van der Waals surface area contributed by atoms with Crippen molar-refractivity contribution in [2.45, 2.75) is 25.5 Å². The molecule has 0 spiro atoms. The maximum Gasteiger partial charge on any atom is 0.328 e. The number of H-pyrrole nitrogens is 1. The third-order valence-corrected chi connectivity index (χ3v) is 5.86. The summed E-state index contributed by atoms with van der Waals surface area (Å²) >= 11 is 7.46. The highest BCUT2D eigenvalue weighted by Crippen LogP contribution is 2.28. The minimum Gasteiger partial charge on any atom is -0.382 e. The average Bonchev–Trinajstić information content (AvgIpc) is 2.91. The van der Waals surface area contributed by atoms with Crippen LogP contribution >= 0.6 is 23.4 Å². The lowest BCUT2D eigenvalue weighted by molar-refractivity contribution is 0.488. The van der Waals surface area contributed by atoms with Crippen molar-refractivity contribution in [3.8, 4) is 0 Å². The predicted molar refractivity (Wildman–Crippen MR) is 103 cm³/mol. The van der Waals surface area contributed by atoms with Crippen LogP contribution in [0.25, 0.3) is 11.2 Å². The fraction of sp³-hybridized carbons (Fsp3) is 0.353. The zero-order valence-electron chi connectivity index (χ0n) is 14.1. The Labute approximate surface area is 154 Å². The van der Waals surface area contributed by atoms with Gasteiger partial charge in [0.1, 0.15) is 5.52 Å². The van der Waals surface area contributed by atoms with E-state index in [0.717, 1.165) is 11.3 Å². The number of halogens is 1. The summed E-state index contributed by atoms with van der Waals surface area (Å²) in [6.45, 7) is 4.58. The van der Waals surface area contributed by atoms with Crippen LogP contribution in [0.15, 0.2) is 40.3 Å². The lowest BCUT2D eigenvalue weighted by Gasteiger charge is -2.19. The lowest BCUT2D eigenvalue weighted by Crippen LogP contribution is -2.18. The van der Waals surface area contributed by atoms with Crippen molar-refractivity contribution >= 4 is 40.3 Å². The Bertz CT molecular complexity index is 935. The van der Waals surface area contributed by atoms with Gasteiger partial charge in [0.2, 0.25) is 0 Å². The van der Waals surface area contributed by atoms with Gasteiger partial charge < -0.3 is 10.7 Å². The fourth-order valence-corrected chi connectivity index (χ4v) is 3.45. The minimum absolute atomic E-state index is 0.0405. The van der Waals surface area contributed by atoms with E-state index in [2.05, 4.69) is 28.8 Å². The molecule has 0 aliphatic carbocycles. The maximum atomic E-state index is 12.3. The molecule has 3 N–H and O–H groups in total. The molecule has 2 heterocycles. The van der Waals surface area contributed by atoms with Crippen LogP contribution < -0.4 is 11.4 Å². The van der Waals surface area contributed by atoms with E-state index in [9.17, 15) is 4.79 Å². The molecule has 0 bridgehead atoms. The number of alkyl halides is 1. The first-order valence-electron chi connectivity index (χ1n) is 7.88. The van der Waals surface area contributed by atoms with E-state index in [4.69, 9.17) is 17.3 Å². The van der Waals surface area contributed by atoms with Gasteiger partial charge in [-0.3, -0.25) is 4.57 Å². The van der Waals surface area contributed by atoms with E-state index >= 15 is 0 Å². The number of aromatic amines is 1. The smallest absolute Gasteiger partial charge is 0.328 e. The van der Waals surface area contributed by atoms with E-state index in [1.165, 1.54) is 11.8 Å². The molecule has 2 aromatic heterocycles. The molecule has 6 nitrogen and oxygen atoms in total. The number of nitrogens with one attached hydrogen (secondary N) is 1. The van der Waals surface area contributed by atoms with Crippen molar-refractivity contribution in [2.75, 3.05) is 17.4 Å². The molecule has 132 valence electrons. The number of rotatable bonds is 6. The molecule has 0 saturated carbocycles. The SMILES string of the molecule is CC(C)(CCl)CSc1nc(N)c2[nH]c(=O)n(Cc3ccccc3)c2n1. The van der Waals surface area contributed by atoms with Crippen molar-refractivity contribution < 1.29 is 0 Å². The topological polar surface area (TPSA) is 89.6 Å². The summed E-state index contributed by atoms with van der Waals surface area (Å²) in [4.78, 5) is 23.9. The number of hydrogen-bond acceptors (Lipinski definition) is 5. The molecule has 1 aromatic carbocycles. The van der Waals surface area contributed by atoms with E-state index in [1.54, 1.807) is 4.57 Å². The number of nitrogens with two attached hydrogens (primary N) is 1. The Morgan fingerprint density at radius 1 is 1.28 bits per heavy atom. The van der Waals surface area contributed by atoms with Gasteiger partial charge in [-0.25, -0.2) is 14.8 Å². The van der Waals surface area contributed by atoms with Crippen molar-refractivity contribution in [1.29, 1.82) is 0 Å². The van der Waals surface area contributed by atoms with Crippen LogP contribution in [0.5, 0.6) is 0 Å². The summed E-state index contributed by atoms with van der Waals surface area (Å²) in [5.74, 6) is 1.58. The highest BCUT2D eigenvalue weighted by molar-refractivity contribution is 7.99. The molecular formula is C17H20ClN5OS. The van der Waals surface area contributed by atoms with Gasteiger partial charge in [0.25, 0.3) is 0 Å². The maximum absolute atomic E-state index is 12.3. The molecule has 0 fully saturated rings. The number of hydrogen-bond donors (Lipinski definition) is 2. The molecule has 8 heteroatoms. The number of fused-ring (bicyclic) bond motifs is 1. The first kappa shape index (κ1) is 17.8. The molecule has 0 atom stereocenters. The van der Waals surface area contributed by atoms with Crippen LogP contribution in [0.1, 0.15) is 19.4 Å². The Hall–Kier alpha value is -1.99. The van der Waals surface area contributed by atoms with Crippen molar-refractivity contribution in [1.82, 2.24) is 19.5 Å². The van der Waals surface area contributed by atoms with Gasteiger partial charge in [0.15, 0.2) is 16.6 Å². The van der Waals surface area contributed by atoms with Crippen LogP contribution in [0.3, 0.4) is 0 Å². The molecule has 25 heavy (non-hydrogen) atoms. The second-order valence-corrected chi connectivity index (χ2v) is 7.89. The number of anilines is 1. The van der Waals surface area contributed by atoms with Gasteiger partial charge in [-0.1, -0.05) is 55.9 Å². The number of aromatic nitrogens is 4. The Balaban J connectivity index is 1.98. The molecule has 3 aromatic rings. The third-order valence-electron chi connectivity index (χ3n) is 3.77. The van der Waals surface area contributed by atoms with Crippen molar-refractivity contribution in [2.24, 2.45) is 5.41 Å². The van der Waals surface area contributed by atoms with E-state index in [-0.39, 0.29) is 16.9 Å². The van der Waals surface area contributed by atoms with Gasteiger partial charge in [-0.2, -0.15) is 0 Å². The number of nitrogen functional groups attached to an aromatic ring is 1. The largest absolute Gasteiger partial charge is 0.382 e. The van der Waals surface area contributed by atoms with Crippen LogP contribution in [0, 0.1) is 5.41 Å². The van der Waals surface area contributed by atoms with Crippen molar-refractivity contribution in [3.05, 3.63) is 46.4 Å². The molecular weight excluding hydrogens is 358 g/mol. The highest BCUT2D eigenvalue weighted by Gasteiger charge is 2.19. The van der Waals surface area contributed by atoms with Crippen LogP contribution in [0.2, 0.25) is 0 Å². The second kappa shape index (κ2) is 7.09. The summed E-state index contributed by atoms with van der Waals surface area (Å²) in [6, 6.07) is 9.75. The molecule has 0 saturated heterocycles. The molecule has 0 amide bonds. The zero-order valence-corrected chi connectivity index (χ0v) is 15.7. The number of thioether (sulfide) groups is 1. The Kier molecular flexibility index (Phi) is 5.06. The van der Waals surface area contributed by atoms with Crippen molar-refractivity contribution in [3.63, 3.8) is 0 Å². The quantitative estimate of drug-likeness (QED) is 0.391. The predicted octanol–water partition coefficient (Wildman–Crippen LogP) is 3.11. The van der Waals surface area contributed by atoms with Gasteiger partial charge in [0.05, 0.1) is 6.54 Å². The summed E-state index contributed by atoms with van der Waals surface area (Å²) in [5, 5.41) is 0.545. The van der Waals surface area contributed by atoms with Crippen LogP contribution in [0.4, 0.5) is 5.82 Å². The van der Waals surface area contributed by atoms with Gasteiger partial charge in [0, 0.05) is 11.6 Å². The molecule has 0 aliphatic heterocycles. The van der Waals surface area contributed by atoms with E-state index in [0.29, 0.717) is 28.7 Å². The molecule has 0 unspecified atom stereocenters. The Morgan fingerprint density at radius 3 is 2.68 bits per heavy atom. The standard InChI is InChI=1S/C17H20ClN5OS/c1-17(2,9-18)10-25-15-21-13(19)12-14(22-15)23(16(24)20-12)8-11-6-4-3-5-7-11/h3-7H,8-10H2,1-2H3,(H,20,24)(H2,19,21,22). The number of benzene rings is 1. The normalized spacial score (nSPS) is 12.0. The Morgan fingerprint density at radius 2 is 2.00 bits per heavy atom. The van der Waals surface area contributed by atoms with Gasteiger partial charge in [-0.15, -0.1) is 11.6 Å². The first-order chi connectivity index (χ1) is 11.9. The number of nitrogens with zero attached hydrogens (tertiary/aromatic N) is 3. The minimum atomic E-state index is -0.247. The first-order valence-corrected chi connectivity index (χ1v) is 9.40. The molecule has 3 rings (SSSR count). The average molecular weight is 378 g/mol. The van der Waals surface area contributed by atoms with Gasteiger partial charge >= 0.3 is 5.69 Å². The third kappa shape index (κ3) is 3.99. The highest BCUT2D eigenvalue weighted by atomic mass is 35.5. The van der Waals surface area contributed by atoms with Gasteiger partial charge in [-0.05, 0) is 11.0 Å². The summed E-state index contributed by atoms with van der Waals surface area (Å²) in [7, 11) is 0. The van der Waals surface area contributed by atoms with E-state index in [1.807, 2.05) is 30.3 Å². The van der Waals surface area contributed by atoms with Crippen LogP contribution in [-0.2, 0) is 6.54 Å². The molecule has 0 aliphatic rings. The van der Waals surface area contributed by atoms with E-state index < -0.39 is 0 Å². The lowest BCUT2D eigenvalue weighted by atomic mass is 10.0. The summed E-state index contributed by atoms with van der Waals surface area (Å²) in [5.41, 5.74) is 7.75. The summed E-state index contributed by atoms with van der Waals surface area (Å²) in [6.07, 6.45) is 0.